The summed E-state index contributed by atoms with van der Waals surface area (Å²) in [6, 6.07) is 5.03. The first-order valence-corrected chi connectivity index (χ1v) is 7.36. The monoisotopic (exact) mass is 315 g/mol. The minimum atomic E-state index is -3.99. The number of nitrogens with zero attached hydrogens (tertiary/aromatic N) is 1. The van der Waals surface area contributed by atoms with E-state index in [2.05, 4.69) is 9.71 Å². The Bertz CT molecular complexity index is 748. The second-order valence-electron chi connectivity index (χ2n) is 4.13. The molecule has 2 aromatic rings. The van der Waals surface area contributed by atoms with Crippen molar-refractivity contribution in [3.63, 3.8) is 0 Å². The maximum absolute atomic E-state index is 13.2. The molecular formula is C12H11ClFN3O2S. The van der Waals surface area contributed by atoms with E-state index in [1.165, 1.54) is 12.3 Å². The zero-order valence-electron chi connectivity index (χ0n) is 10.4. The highest BCUT2D eigenvalue weighted by atomic mass is 35.5. The van der Waals surface area contributed by atoms with Crippen molar-refractivity contribution >= 4 is 33.1 Å². The summed E-state index contributed by atoms with van der Waals surface area (Å²) in [5, 5.41) is -0.253. The molecule has 0 amide bonds. The van der Waals surface area contributed by atoms with Crippen LogP contribution in [0, 0.1) is 12.7 Å². The summed E-state index contributed by atoms with van der Waals surface area (Å²) in [5.41, 5.74) is 5.94. The van der Waals surface area contributed by atoms with Gasteiger partial charge in [0.25, 0.3) is 10.0 Å². The summed E-state index contributed by atoms with van der Waals surface area (Å²) >= 11 is 5.74. The number of sulfonamides is 1. The number of pyridine rings is 1. The third-order valence-corrected chi connectivity index (χ3v) is 4.31. The predicted octanol–water partition coefficient (Wildman–Crippen LogP) is 2.57. The van der Waals surface area contributed by atoms with Gasteiger partial charge in [-0.25, -0.2) is 17.8 Å². The maximum Gasteiger partial charge on any atom is 0.264 e. The smallest absolute Gasteiger partial charge is 0.264 e. The highest BCUT2D eigenvalue weighted by Crippen LogP contribution is 2.27. The third kappa shape index (κ3) is 3.00. The van der Waals surface area contributed by atoms with Gasteiger partial charge in [0, 0.05) is 6.20 Å². The van der Waals surface area contributed by atoms with E-state index in [9.17, 15) is 12.8 Å². The van der Waals surface area contributed by atoms with Crippen LogP contribution in [-0.4, -0.2) is 13.4 Å². The molecular weight excluding hydrogens is 305 g/mol. The Morgan fingerprint density at radius 1 is 1.35 bits per heavy atom. The fourth-order valence-corrected chi connectivity index (χ4v) is 3.03. The van der Waals surface area contributed by atoms with Gasteiger partial charge in [0.1, 0.15) is 16.5 Å². The summed E-state index contributed by atoms with van der Waals surface area (Å²) in [5.74, 6) is -0.642. The fraction of sp³-hybridized carbons (Fsp3) is 0.0833. The van der Waals surface area contributed by atoms with Crippen molar-refractivity contribution in [2.24, 2.45) is 0 Å². The zero-order chi connectivity index (χ0) is 14.9. The van der Waals surface area contributed by atoms with Crippen LogP contribution < -0.4 is 10.5 Å². The molecule has 0 saturated heterocycles. The molecule has 0 saturated carbocycles. The summed E-state index contributed by atoms with van der Waals surface area (Å²) in [6.07, 6.45) is 1.51. The molecule has 106 valence electrons. The average molecular weight is 316 g/mol. The minimum absolute atomic E-state index is 0.134. The second kappa shape index (κ2) is 5.26. The molecule has 0 aliphatic carbocycles. The average Bonchev–Trinajstić information content (AvgIpc) is 2.36. The van der Waals surface area contributed by atoms with Crippen LogP contribution in [0.15, 0.2) is 35.4 Å². The van der Waals surface area contributed by atoms with Gasteiger partial charge in [0.05, 0.1) is 10.7 Å². The number of halogens is 2. The number of hydrogen-bond donors (Lipinski definition) is 2. The zero-order valence-corrected chi connectivity index (χ0v) is 12.0. The summed E-state index contributed by atoms with van der Waals surface area (Å²) in [7, 11) is -3.99. The van der Waals surface area contributed by atoms with E-state index in [4.69, 9.17) is 17.3 Å². The molecule has 1 aromatic heterocycles. The van der Waals surface area contributed by atoms with Crippen LogP contribution in [0.3, 0.4) is 0 Å². The summed E-state index contributed by atoms with van der Waals surface area (Å²) in [4.78, 5) is 3.61. The second-order valence-corrected chi connectivity index (χ2v) is 6.19. The largest absolute Gasteiger partial charge is 0.396 e. The lowest BCUT2D eigenvalue weighted by atomic mass is 10.3. The highest BCUT2D eigenvalue weighted by Gasteiger charge is 2.20. The SMILES string of the molecule is Cc1ccc(NS(=O)(=O)c2cc(N)c(F)cc2Cl)nc1. The molecule has 0 atom stereocenters. The van der Waals surface area contributed by atoms with Crippen molar-refractivity contribution in [1.82, 2.24) is 4.98 Å². The van der Waals surface area contributed by atoms with E-state index in [-0.39, 0.29) is 21.4 Å². The first-order chi connectivity index (χ1) is 9.29. The van der Waals surface area contributed by atoms with Crippen LogP contribution >= 0.6 is 11.6 Å². The molecule has 0 bridgehead atoms. The van der Waals surface area contributed by atoms with E-state index >= 15 is 0 Å². The molecule has 3 N–H and O–H groups in total. The number of benzene rings is 1. The molecule has 0 aliphatic rings. The van der Waals surface area contributed by atoms with Crippen molar-refractivity contribution in [2.75, 3.05) is 10.5 Å². The van der Waals surface area contributed by atoms with Gasteiger partial charge >= 0.3 is 0 Å². The molecule has 0 fully saturated rings. The van der Waals surface area contributed by atoms with Gasteiger partial charge in [-0.15, -0.1) is 0 Å². The number of aryl methyl sites for hydroxylation is 1. The van der Waals surface area contributed by atoms with Crippen molar-refractivity contribution in [1.29, 1.82) is 0 Å². The third-order valence-electron chi connectivity index (χ3n) is 2.49. The lowest BCUT2D eigenvalue weighted by molar-refractivity contribution is 0.600. The first kappa shape index (κ1) is 14.5. The highest BCUT2D eigenvalue weighted by molar-refractivity contribution is 7.92. The maximum atomic E-state index is 13.2. The number of anilines is 2. The van der Waals surface area contributed by atoms with Crippen LogP contribution in [0.1, 0.15) is 5.56 Å². The van der Waals surface area contributed by atoms with E-state index in [1.807, 2.05) is 6.92 Å². The number of nitrogen functional groups attached to an aromatic ring is 1. The van der Waals surface area contributed by atoms with E-state index in [1.54, 1.807) is 6.07 Å². The Kier molecular flexibility index (Phi) is 3.82. The summed E-state index contributed by atoms with van der Waals surface area (Å²) in [6.45, 7) is 1.82. The van der Waals surface area contributed by atoms with Gasteiger partial charge in [-0.3, -0.25) is 4.72 Å². The Labute approximate surface area is 120 Å². The molecule has 1 heterocycles. The van der Waals surface area contributed by atoms with Crippen molar-refractivity contribution in [3.8, 4) is 0 Å². The van der Waals surface area contributed by atoms with Gasteiger partial charge in [-0.2, -0.15) is 0 Å². The quantitative estimate of drug-likeness (QED) is 0.852. The standard InChI is InChI=1S/C12H11ClFN3O2S/c1-7-2-3-12(16-6-7)17-20(18,19)11-5-10(15)9(14)4-8(11)13/h2-6H,15H2,1H3,(H,16,17). The van der Waals surface area contributed by atoms with Crippen LogP contribution in [0.4, 0.5) is 15.9 Å². The molecule has 0 aliphatic heterocycles. The topological polar surface area (TPSA) is 85.1 Å². The van der Waals surface area contributed by atoms with Gasteiger partial charge in [-0.1, -0.05) is 17.7 Å². The number of nitrogens with one attached hydrogen (secondary N) is 1. The molecule has 2 rings (SSSR count). The van der Waals surface area contributed by atoms with Crippen LogP contribution in [-0.2, 0) is 10.0 Å². The molecule has 0 spiro atoms. The Balaban J connectivity index is 2.40. The number of nitrogens with two attached hydrogens (primary N) is 1. The summed E-state index contributed by atoms with van der Waals surface area (Å²) < 4.78 is 39.7. The molecule has 0 radical (unpaired) electrons. The fourth-order valence-electron chi connectivity index (χ4n) is 1.47. The van der Waals surface area contributed by atoms with Gasteiger partial charge in [0.15, 0.2) is 0 Å². The van der Waals surface area contributed by atoms with Crippen LogP contribution in [0.2, 0.25) is 5.02 Å². The van der Waals surface area contributed by atoms with Gasteiger partial charge < -0.3 is 5.73 Å². The van der Waals surface area contributed by atoms with Crippen molar-refractivity contribution in [2.45, 2.75) is 11.8 Å². The number of hydrogen-bond acceptors (Lipinski definition) is 4. The Morgan fingerprint density at radius 2 is 2.05 bits per heavy atom. The lowest BCUT2D eigenvalue weighted by Gasteiger charge is -2.10. The Morgan fingerprint density at radius 3 is 2.65 bits per heavy atom. The minimum Gasteiger partial charge on any atom is -0.396 e. The molecule has 8 heteroatoms. The molecule has 5 nitrogen and oxygen atoms in total. The molecule has 20 heavy (non-hydrogen) atoms. The lowest BCUT2D eigenvalue weighted by Crippen LogP contribution is -2.15. The number of aromatic nitrogens is 1. The normalized spacial score (nSPS) is 11.3. The number of rotatable bonds is 3. The van der Waals surface area contributed by atoms with E-state index in [0.717, 1.165) is 17.7 Å². The predicted molar refractivity (Wildman–Crippen MR) is 75.6 cm³/mol. The van der Waals surface area contributed by atoms with Crippen LogP contribution in [0.25, 0.3) is 0 Å². The van der Waals surface area contributed by atoms with Crippen molar-refractivity contribution < 1.29 is 12.8 Å². The molecule has 1 aromatic carbocycles. The van der Waals surface area contributed by atoms with Gasteiger partial charge in [-0.05, 0) is 30.7 Å². The Hall–Kier alpha value is -1.86. The van der Waals surface area contributed by atoms with E-state index in [0.29, 0.717) is 0 Å². The van der Waals surface area contributed by atoms with Crippen LogP contribution in [0.5, 0.6) is 0 Å². The molecule has 0 unspecified atom stereocenters. The van der Waals surface area contributed by atoms with Gasteiger partial charge in [0.2, 0.25) is 0 Å². The van der Waals surface area contributed by atoms with E-state index < -0.39 is 15.8 Å². The van der Waals surface area contributed by atoms with Crippen molar-refractivity contribution in [3.05, 3.63) is 46.9 Å². The first-order valence-electron chi connectivity index (χ1n) is 5.49.